The number of rotatable bonds is 7. The SMILES string of the molecule is CCCC1=NN(c2ccc(C)cc2)C(=O)C1C/C(=C/c1ccc(Cl)cc1)C(=O)O. The third-order valence-electron chi connectivity index (χ3n) is 4.83. The lowest BCUT2D eigenvalue weighted by atomic mass is 9.91. The largest absolute Gasteiger partial charge is 0.478 e. The van der Waals surface area contributed by atoms with Crippen molar-refractivity contribution in [2.75, 3.05) is 5.01 Å². The monoisotopic (exact) mass is 410 g/mol. The van der Waals surface area contributed by atoms with E-state index in [2.05, 4.69) is 5.10 Å². The summed E-state index contributed by atoms with van der Waals surface area (Å²) in [4.78, 5) is 25.0. The molecule has 1 atom stereocenters. The number of hydrazone groups is 1. The smallest absolute Gasteiger partial charge is 0.331 e. The molecular weight excluding hydrogens is 388 g/mol. The minimum absolute atomic E-state index is 0.0952. The van der Waals surface area contributed by atoms with Crippen LogP contribution in [0.5, 0.6) is 0 Å². The van der Waals surface area contributed by atoms with Crippen molar-refractivity contribution >= 4 is 41.0 Å². The molecule has 1 aliphatic rings. The molecule has 1 unspecified atom stereocenters. The van der Waals surface area contributed by atoms with Crippen LogP contribution in [-0.4, -0.2) is 22.7 Å². The normalized spacial score (nSPS) is 16.9. The minimum Gasteiger partial charge on any atom is -0.478 e. The van der Waals surface area contributed by atoms with E-state index in [0.29, 0.717) is 17.1 Å². The van der Waals surface area contributed by atoms with Crippen LogP contribution in [0.3, 0.4) is 0 Å². The van der Waals surface area contributed by atoms with Gasteiger partial charge in [0.25, 0.3) is 5.91 Å². The van der Waals surface area contributed by atoms with E-state index in [0.717, 1.165) is 23.3 Å². The van der Waals surface area contributed by atoms with Crippen molar-refractivity contribution in [1.29, 1.82) is 0 Å². The predicted molar refractivity (Wildman–Crippen MR) is 116 cm³/mol. The van der Waals surface area contributed by atoms with Crippen molar-refractivity contribution in [3.63, 3.8) is 0 Å². The number of aryl methyl sites for hydroxylation is 1. The molecule has 1 amide bonds. The zero-order chi connectivity index (χ0) is 21.0. The number of carbonyl (C=O) groups excluding carboxylic acids is 1. The van der Waals surface area contributed by atoms with Gasteiger partial charge in [0.2, 0.25) is 0 Å². The Hall–Kier alpha value is -2.92. The molecule has 2 aromatic carbocycles. The first-order chi connectivity index (χ1) is 13.9. The Morgan fingerprint density at radius 2 is 1.83 bits per heavy atom. The lowest BCUT2D eigenvalue weighted by Gasteiger charge is -2.15. The zero-order valence-corrected chi connectivity index (χ0v) is 17.2. The number of carboxylic acids is 1. The van der Waals surface area contributed by atoms with Crippen LogP contribution in [0, 0.1) is 12.8 Å². The predicted octanol–water partition coefficient (Wildman–Crippen LogP) is 5.33. The molecule has 0 saturated heterocycles. The Kier molecular flexibility index (Phi) is 6.49. The summed E-state index contributed by atoms with van der Waals surface area (Å²) in [6, 6.07) is 14.5. The number of carboxylic acid groups (broad SMARTS) is 1. The van der Waals surface area contributed by atoms with Crippen molar-refractivity contribution < 1.29 is 14.7 Å². The quantitative estimate of drug-likeness (QED) is 0.627. The average molecular weight is 411 g/mol. The van der Waals surface area contributed by atoms with E-state index < -0.39 is 11.9 Å². The van der Waals surface area contributed by atoms with E-state index >= 15 is 0 Å². The fraction of sp³-hybridized carbons (Fsp3) is 0.261. The number of hydrogen-bond donors (Lipinski definition) is 1. The number of aliphatic carboxylic acids is 1. The van der Waals surface area contributed by atoms with Gasteiger partial charge in [-0.15, -0.1) is 0 Å². The maximum absolute atomic E-state index is 13.1. The Bertz CT molecular complexity index is 963. The molecule has 0 saturated carbocycles. The Morgan fingerprint density at radius 1 is 1.17 bits per heavy atom. The second-order valence-electron chi connectivity index (χ2n) is 7.11. The summed E-state index contributed by atoms with van der Waals surface area (Å²) < 4.78 is 0. The van der Waals surface area contributed by atoms with Gasteiger partial charge >= 0.3 is 5.97 Å². The second-order valence-corrected chi connectivity index (χ2v) is 7.55. The van der Waals surface area contributed by atoms with Crippen LogP contribution in [-0.2, 0) is 9.59 Å². The van der Waals surface area contributed by atoms with Gasteiger partial charge in [-0.2, -0.15) is 5.10 Å². The molecule has 0 fully saturated rings. The first-order valence-electron chi connectivity index (χ1n) is 9.56. The van der Waals surface area contributed by atoms with E-state index in [1.807, 2.05) is 38.1 Å². The zero-order valence-electron chi connectivity index (χ0n) is 16.4. The average Bonchev–Trinajstić information content (AvgIpc) is 2.99. The lowest BCUT2D eigenvalue weighted by molar-refractivity contribution is -0.132. The molecule has 6 heteroatoms. The molecule has 0 aromatic heterocycles. The molecule has 1 N–H and O–H groups in total. The summed E-state index contributed by atoms with van der Waals surface area (Å²) in [5.74, 6) is -1.82. The number of nitrogens with zero attached hydrogens (tertiary/aromatic N) is 2. The van der Waals surface area contributed by atoms with Crippen LogP contribution in [0.15, 0.2) is 59.2 Å². The molecule has 0 spiro atoms. The summed E-state index contributed by atoms with van der Waals surface area (Å²) in [5.41, 5.74) is 3.40. The standard InChI is InChI=1S/C23H23ClN2O3/c1-3-4-21-20(22(27)26(25-21)19-11-5-15(2)6-12-19)14-17(23(28)29)13-16-7-9-18(24)10-8-16/h5-13,20H,3-4,14H2,1-2H3,(H,28,29)/b17-13-. The van der Waals surface area contributed by atoms with Crippen molar-refractivity contribution in [2.45, 2.75) is 33.1 Å². The summed E-state index contributed by atoms with van der Waals surface area (Å²) >= 11 is 5.90. The third-order valence-corrected chi connectivity index (χ3v) is 5.08. The second kappa shape index (κ2) is 9.05. The highest BCUT2D eigenvalue weighted by Gasteiger charge is 2.37. The van der Waals surface area contributed by atoms with Crippen molar-refractivity contribution in [2.24, 2.45) is 11.0 Å². The van der Waals surface area contributed by atoms with Gasteiger partial charge in [0.1, 0.15) is 0 Å². The van der Waals surface area contributed by atoms with Crippen LogP contribution in [0.25, 0.3) is 6.08 Å². The van der Waals surface area contributed by atoms with E-state index in [1.54, 1.807) is 30.3 Å². The lowest BCUT2D eigenvalue weighted by Crippen LogP contribution is -2.28. The Labute approximate surface area is 175 Å². The molecule has 0 bridgehead atoms. The number of benzene rings is 2. The molecule has 1 heterocycles. The fourth-order valence-corrected chi connectivity index (χ4v) is 3.41. The number of amides is 1. The van der Waals surface area contributed by atoms with Crippen LogP contribution in [0.1, 0.15) is 37.3 Å². The maximum Gasteiger partial charge on any atom is 0.331 e. The molecule has 5 nitrogen and oxygen atoms in total. The van der Waals surface area contributed by atoms with Gasteiger partial charge in [0, 0.05) is 10.6 Å². The Morgan fingerprint density at radius 3 is 2.41 bits per heavy atom. The van der Waals surface area contributed by atoms with Crippen molar-refractivity contribution in [3.8, 4) is 0 Å². The van der Waals surface area contributed by atoms with Gasteiger partial charge in [-0.1, -0.05) is 54.8 Å². The highest BCUT2D eigenvalue weighted by molar-refractivity contribution is 6.30. The molecule has 2 aromatic rings. The molecular formula is C23H23ClN2O3. The molecule has 0 aliphatic carbocycles. The van der Waals surface area contributed by atoms with Gasteiger partial charge in [-0.3, -0.25) is 4.79 Å². The molecule has 3 rings (SSSR count). The number of halogens is 1. The highest BCUT2D eigenvalue weighted by Crippen LogP contribution is 2.30. The van der Waals surface area contributed by atoms with Crippen LogP contribution >= 0.6 is 11.6 Å². The first-order valence-corrected chi connectivity index (χ1v) is 9.94. The Balaban J connectivity index is 1.89. The summed E-state index contributed by atoms with van der Waals surface area (Å²) in [6.45, 7) is 3.99. The van der Waals surface area contributed by atoms with Crippen molar-refractivity contribution in [3.05, 3.63) is 70.3 Å². The molecule has 0 radical (unpaired) electrons. The minimum atomic E-state index is -1.04. The first kappa shape index (κ1) is 20.8. The summed E-state index contributed by atoms with van der Waals surface area (Å²) in [7, 11) is 0. The third kappa shape index (κ3) is 4.93. The van der Waals surface area contributed by atoms with Gasteiger partial charge in [-0.05, 0) is 55.7 Å². The van der Waals surface area contributed by atoms with E-state index in [9.17, 15) is 14.7 Å². The van der Waals surface area contributed by atoms with Gasteiger partial charge in [0.15, 0.2) is 0 Å². The molecule has 150 valence electrons. The van der Waals surface area contributed by atoms with E-state index in [4.69, 9.17) is 11.6 Å². The van der Waals surface area contributed by atoms with E-state index in [-0.39, 0.29) is 17.9 Å². The van der Waals surface area contributed by atoms with Crippen LogP contribution < -0.4 is 5.01 Å². The summed E-state index contributed by atoms with van der Waals surface area (Å²) in [5, 5.41) is 16.2. The van der Waals surface area contributed by atoms with Crippen LogP contribution in [0.2, 0.25) is 5.02 Å². The molecule has 29 heavy (non-hydrogen) atoms. The highest BCUT2D eigenvalue weighted by atomic mass is 35.5. The van der Waals surface area contributed by atoms with Gasteiger partial charge in [0.05, 0.1) is 17.3 Å². The number of hydrogen-bond acceptors (Lipinski definition) is 3. The van der Waals surface area contributed by atoms with E-state index in [1.165, 1.54) is 5.01 Å². The fourth-order valence-electron chi connectivity index (χ4n) is 3.28. The van der Waals surface area contributed by atoms with Gasteiger partial charge in [-0.25, -0.2) is 9.80 Å². The number of anilines is 1. The maximum atomic E-state index is 13.1. The van der Waals surface area contributed by atoms with Crippen molar-refractivity contribution in [1.82, 2.24) is 0 Å². The van der Waals surface area contributed by atoms with Gasteiger partial charge < -0.3 is 5.11 Å². The van der Waals surface area contributed by atoms with Crippen LogP contribution in [0.4, 0.5) is 5.69 Å². The topological polar surface area (TPSA) is 70.0 Å². The summed E-state index contributed by atoms with van der Waals surface area (Å²) in [6.07, 6.45) is 3.16. The molecule has 1 aliphatic heterocycles. The number of carbonyl (C=O) groups is 2.